The minimum absolute atomic E-state index is 1.17. The van der Waals surface area contributed by atoms with E-state index in [1.165, 1.54) is 32.7 Å². The van der Waals surface area contributed by atoms with Gasteiger partial charge in [-0.15, -0.1) is 6.58 Å². The van der Waals surface area contributed by atoms with Crippen LogP contribution in [0.3, 0.4) is 0 Å². The van der Waals surface area contributed by atoms with Crippen LogP contribution in [-0.2, 0) is 0 Å². The lowest BCUT2D eigenvalue weighted by molar-refractivity contribution is 0.253. The van der Waals surface area contributed by atoms with Gasteiger partial charge in [-0.05, 0) is 13.5 Å². The zero-order chi connectivity index (χ0) is 10.5. The first-order valence-electron chi connectivity index (χ1n) is 5.35. The van der Waals surface area contributed by atoms with Crippen molar-refractivity contribution in [3.8, 4) is 0 Å². The molecule has 1 aliphatic heterocycles. The lowest BCUT2D eigenvalue weighted by Crippen LogP contribution is -2.43. The van der Waals surface area contributed by atoms with Crippen LogP contribution in [0.2, 0.25) is 0 Å². The molecular formula is C11H26N2. The van der Waals surface area contributed by atoms with Gasteiger partial charge in [-0.25, -0.2) is 0 Å². The molecule has 0 spiro atoms. The summed E-state index contributed by atoms with van der Waals surface area (Å²) in [7, 11) is 0. The Morgan fingerprint density at radius 3 is 1.92 bits per heavy atom. The highest BCUT2D eigenvalue weighted by molar-refractivity contribution is 4.64. The highest BCUT2D eigenvalue weighted by Gasteiger charge is 2.04. The van der Waals surface area contributed by atoms with Crippen molar-refractivity contribution in [1.82, 2.24) is 10.2 Å². The summed E-state index contributed by atoms with van der Waals surface area (Å²) in [5, 5.41) is 3.31. The lowest BCUT2D eigenvalue weighted by atomic mass is 10.4. The molecule has 2 heteroatoms. The second-order valence-corrected chi connectivity index (χ2v) is 2.59. The maximum Gasteiger partial charge on any atom is 0.0107 e. The summed E-state index contributed by atoms with van der Waals surface area (Å²) in [5.41, 5.74) is 0. The summed E-state index contributed by atoms with van der Waals surface area (Å²) < 4.78 is 0. The first kappa shape index (κ1) is 15.1. The summed E-state index contributed by atoms with van der Waals surface area (Å²) in [6, 6.07) is 0. The van der Waals surface area contributed by atoms with Crippen molar-refractivity contribution < 1.29 is 0 Å². The smallest absolute Gasteiger partial charge is 0.0107 e. The molecule has 1 fully saturated rings. The molecule has 0 radical (unpaired) electrons. The van der Waals surface area contributed by atoms with Crippen molar-refractivity contribution >= 4 is 0 Å². The van der Waals surface area contributed by atoms with Gasteiger partial charge in [0.2, 0.25) is 0 Å². The van der Waals surface area contributed by atoms with Gasteiger partial charge in [-0.2, -0.15) is 0 Å². The van der Waals surface area contributed by atoms with Crippen molar-refractivity contribution in [3.63, 3.8) is 0 Å². The van der Waals surface area contributed by atoms with Crippen molar-refractivity contribution in [2.24, 2.45) is 0 Å². The van der Waals surface area contributed by atoms with Crippen LogP contribution in [0.15, 0.2) is 12.7 Å². The maximum absolute atomic E-state index is 3.36. The summed E-state index contributed by atoms with van der Waals surface area (Å²) in [5.74, 6) is 0. The van der Waals surface area contributed by atoms with Gasteiger partial charge in [0.15, 0.2) is 0 Å². The normalized spacial score (nSPS) is 16.0. The van der Waals surface area contributed by atoms with Crippen LogP contribution in [0.1, 0.15) is 27.7 Å². The van der Waals surface area contributed by atoms with Crippen LogP contribution in [-0.4, -0.2) is 37.6 Å². The van der Waals surface area contributed by atoms with E-state index in [0.29, 0.717) is 0 Å². The molecular weight excluding hydrogens is 160 g/mol. The molecule has 0 atom stereocenters. The van der Waals surface area contributed by atoms with Crippen LogP contribution in [0.4, 0.5) is 0 Å². The van der Waals surface area contributed by atoms with E-state index in [0.717, 1.165) is 0 Å². The number of hydrogen-bond acceptors (Lipinski definition) is 2. The van der Waals surface area contributed by atoms with Gasteiger partial charge in [-0.3, -0.25) is 0 Å². The molecule has 1 rings (SSSR count). The highest BCUT2D eigenvalue weighted by Crippen LogP contribution is 1.88. The SMILES string of the molecule is C=CC.CC.CCN1CCNCC1. The van der Waals surface area contributed by atoms with Crippen molar-refractivity contribution in [2.45, 2.75) is 27.7 Å². The Kier molecular flexibility index (Phi) is 16.5. The molecule has 0 unspecified atom stereocenters. The predicted molar refractivity (Wildman–Crippen MR) is 62.2 cm³/mol. The average molecular weight is 186 g/mol. The van der Waals surface area contributed by atoms with Gasteiger partial charge in [0, 0.05) is 26.2 Å². The third-order valence-electron chi connectivity index (χ3n) is 1.66. The molecule has 0 amide bonds. The third kappa shape index (κ3) is 11.7. The quantitative estimate of drug-likeness (QED) is 0.631. The molecule has 0 aliphatic carbocycles. The van der Waals surface area contributed by atoms with E-state index in [4.69, 9.17) is 0 Å². The number of hydrogen-bond donors (Lipinski definition) is 1. The Hall–Kier alpha value is -0.340. The standard InChI is InChI=1S/C6H14N2.C3H6.C2H6/c1-2-8-5-3-7-4-6-8;1-3-2;1-2/h7H,2-6H2,1H3;3H,1H2,2H3;1-2H3. The average Bonchev–Trinajstić information content (AvgIpc) is 2.23. The molecule has 0 aromatic carbocycles. The molecule has 1 heterocycles. The van der Waals surface area contributed by atoms with E-state index >= 15 is 0 Å². The fourth-order valence-corrected chi connectivity index (χ4v) is 1.03. The molecule has 1 saturated heterocycles. The topological polar surface area (TPSA) is 15.3 Å². The van der Waals surface area contributed by atoms with E-state index in [9.17, 15) is 0 Å². The highest BCUT2D eigenvalue weighted by atomic mass is 15.2. The number of nitrogens with one attached hydrogen (secondary N) is 1. The zero-order valence-electron chi connectivity index (χ0n) is 9.77. The molecule has 80 valence electrons. The second-order valence-electron chi connectivity index (χ2n) is 2.59. The van der Waals surface area contributed by atoms with E-state index in [-0.39, 0.29) is 0 Å². The number of likely N-dealkylation sites (N-methyl/N-ethyl adjacent to an activating group) is 1. The van der Waals surface area contributed by atoms with Crippen molar-refractivity contribution in [3.05, 3.63) is 12.7 Å². The molecule has 13 heavy (non-hydrogen) atoms. The molecule has 2 nitrogen and oxygen atoms in total. The number of piperazine rings is 1. The predicted octanol–water partition coefficient (Wildman–Crippen LogP) is 2.13. The van der Waals surface area contributed by atoms with Crippen LogP contribution in [0.5, 0.6) is 0 Å². The Balaban J connectivity index is 0. The minimum atomic E-state index is 1.17. The van der Waals surface area contributed by atoms with Crippen molar-refractivity contribution in [1.29, 1.82) is 0 Å². The molecule has 0 aromatic rings. The second kappa shape index (κ2) is 14.2. The van der Waals surface area contributed by atoms with Crippen LogP contribution in [0, 0.1) is 0 Å². The van der Waals surface area contributed by atoms with Gasteiger partial charge in [0.1, 0.15) is 0 Å². The van der Waals surface area contributed by atoms with E-state index in [2.05, 4.69) is 23.7 Å². The van der Waals surface area contributed by atoms with Gasteiger partial charge in [0.05, 0.1) is 0 Å². The van der Waals surface area contributed by atoms with E-state index in [1.807, 2.05) is 20.8 Å². The van der Waals surface area contributed by atoms with Crippen LogP contribution >= 0.6 is 0 Å². The molecule has 1 N–H and O–H groups in total. The Labute approximate surface area is 84.0 Å². The lowest BCUT2D eigenvalue weighted by Gasteiger charge is -2.25. The Morgan fingerprint density at radius 1 is 1.31 bits per heavy atom. The molecule has 0 aromatic heterocycles. The first-order valence-corrected chi connectivity index (χ1v) is 5.35. The van der Waals surface area contributed by atoms with Crippen molar-refractivity contribution in [2.75, 3.05) is 32.7 Å². The van der Waals surface area contributed by atoms with E-state index in [1.54, 1.807) is 6.08 Å². The molecule has 0 saturated carbocycles. The fourth-order valence-electron chi connectivity index (χ4n) is 1.03. The maximum atomic E-state index is 3.36. The number of nitrogens with zero attached hydrogens (tertiary/aromatic N) is 1. The molecule has 0 bridgehead atoms. The summed E-state index contributed by atoms with van der Waals surface area (Å²) in [4.78, 5) is 2.45. The number of rotatable bonds is 1. The monoisotopic (exact) mass is 186 g/mol. The zero-order valence-corrected chi connectivity index (χ0v) is 9.77. The van der Waals surface area contributed by atoms with Gasteiger partial charge >= 0.3 is 0 Å². The van der Waals surface area contributed by atoms with Gasteiger partial charge in [0.25, 0.3) is 0 Å². The summed E-state index contributed by atoms with van der Waals surface area (Å²) >= 11 is 0. The first-order chi connectivity index (χ1) is 6.35. The van der Waals surface area contributed by atoms with Gasteiger partial charge in [-0.1, -0.05) is 26.8 Å². The van der Waals surface area contributed by atoms with Gasteiger partial charge < -0.3 is 10.2 Å². The third-order valence-corrected chi connectivity index (χ3v) is 1.66. The number of allylic oxidation sites excluding steroid dienone is 1. The van der Waals surface area contributed by atoms with Crippen LogP contribution in [0.25, 0.3) is 0 Å². The Bertz CT molecular complexity index is 86.1. The molecule has 1 aliphatic rings. The van der Waals surface area contributed by atoms with E-state index < -0.39 is 0 Å². The Morgan fingerprint density at radius 2 is 1.69 bits per heavy atom. The fraction of sp³-hybridized carbons (Fsp3) is 0.818. The van der Waals surface area contributed by atoms with Crippen LogP contribution < -0.4 is 5.32 Å². The largest absolute Gasteiger partial charge is 0.314 e. The summed E-state index contributed by atoms with van der Waals surface area (Å²) in [6.45, 7) is 17.5. The summed E-state index contributed by atoms with van der Waals surface area (Å²) in [6.07, 6.45) is 1.75. The minimum Gasteiger partial charge on any atom is -0.314 e.